The molecule has 0 bridgehead atoms. The fourth-order valence-corrected chi connectivity index (χ4v) is 4.48. The van der Waals surface area contributed by atoms with Crippen LogP contribution in [0, 0.1) is 0 Å². The van der Waals surface area contributed by atoms with Crippen molar-refractivity contribution in [2.45, 2.75) is 11.3 Å². The smallest absolute Gasteiger partial charge is 0.255 e. The summed E-state index contributed by atoms with van der Waals surface area (Å²) in [7, 11) is -1.07. The molecule has 0 aliphatic heterocycles. The van der Waals surface area contributed by atoms with Crippen molar-refractivity contribution < 1.29 is 18.0 Å². The molecule has 3 aromatic carbocycles. The third kappa shape index (κ3) is 5.98. The van der Waals surface area contributed by atoms with Crippen molar-refractivity contribution >= 4 is 39.1 Å². The fourth-order valence-electron chi connectivity index (χ4n) is 3.08. The van der Waals surface area contributed by atoms with Crippen LogP contribution in [0.2, 0.25) is 5.02 Å². The van der Waals surface area contributed by atoms with Crippen LogP contribution >= 0.6 is 11.6 Å². The van der Waals surface area contributed by atoms with Gasteiger partial charge in [-0.25, -0.2) is 12.7 Å². The van der Waals surface area contributed by atoms with Crippen LogP contribution in [0.15, 0.2) is 77.7 Å². The Labute approximate surface area is 198 Å². The second-order valence-electron chi connectivity index (χ2n) is 7.42. The molecule has 0 aromatic heterocycles. The average Bonchev–Trinajstić information content (AvgIpc) is 2.80. The molecule has 7 nitrogen and oxygen atoms in total. The quantitative estimate of drug-likeness (QED) is 0.507. The van der Waals surface area contributed by atoms with Crippen LogP contribution in [-0.4, -0.2) is 45.2 Å². The topological polar surface area (TPSA) is 95.6 Å². The Hall–Kier alpha value is -3.20. The van der Waals surface area contributed by atoms with Gasteiger partial charge in [-0.05, 0) is 42.3 Å². The highest BCUT2D eigenvalue weighted by atomic mass is 35.5. The Morgan fingerprint density at radius 2 is 1.58 bits per heavy atom. The van der Waals surface area contributed by atoms with Crippen molar-refractivity contribution in [2.24, 2.45) is 0 Å². The molecule has 3 aromatic rings. The van der Waals surface area contributed by atoms with E-state index in [4.69, 9.17) is 11.6 Å². The lowest BCUT2D eigenvalue weighted by atomic mass is 10.1. The number of nitrogens with one attached hydrogen (secondary N) is 2. The molecule has 9 heteroatoms. The molecule has 0 aliphatic rings. The van der Waals surface area contributed by atoms with Gasteiger partial charge in [0.1, 0.15) is 4.90 Å². The number of carbonyl (C=O) groups excluding carboxylic acids is 2. The zero-order valence-electron chi connectivity index (χ0n) is 18.2. The molecule has 0 radical (unpaired) electrons. The zero-order chi connectivity index (χ0) is 24.0. The Kier molecular flexibility index (Phi) is 7.86. The second kappa shape index (κ2) is 10.6. The first-order chi connectivity index (χ1) is 15.7. The number of hydrogen-bond acceptors (Lipinski definition) is 4. The first-order valence-corrected chi connectivity index (χ1v) is 12.0. The number of nitrogens with zero attached hydrogens (tertiary/aromatic N) is 1. The summed E-state index contributed by atoms with van der Waals surface area (Å²) >= 11 is 6.06. The van der Waals surface area contributed by atoms with Crippen molar-refractivity contribution in [3.63, 3.8) is 0 Å². The van der Waals surface area contributed by atoms with Crippen molar-refractivity contribution in [1.29, 1.82) is 0 Å². The monoisotopic (exact) mass is 485 g/mol. The molecule has 0 spiro atoms. The van der Waals surface area contributed by atoms with Crippen LogP contribution in [-0.2, 0) is 16.4 Å². The molecule has 0 fully saturated rings. The number of hydrogen-bond donors (Lipinski definition) is 2. The molecule has 2 amide bonds. The lowest BCUT2D eigenvalue weighted by Crippen LogP contribution is -2.27. The van der Waals surface area contributed by atoms with Gasteiger partial charge < -0.3 is 10.6 Å². The van der Waals surface area contributed by atoms with Gasteiger partial charge in [-0.1, -0.05) is 54.1 Å². The van der Waals surface area contributed by atoms with Crippen LogP contribution in [0.5, 0.6) is 0 Å². The summed E-state index contributed by atoms with van der Waals surface area (Å²) in [5.41, 5.74) is 1.81. The molecule has 0 atom stereocenters. The van der Waals surface area contributed by atoms with Gasteiger partial charge in [0, 0.05) is 26.2 Å². The summed E-state index contributed by atoms with van der Waals surface area (Å²) in [6, 6.07) is 20.4. The lowest BCUT2D eigenvalue weighted by Gasteiger charge is -2.15. The van der Waals surface area contributed by atoms with Crippen LogP contribution in [0.4, 0.5) is 5.69 Å². The van der Waals surface area contributed by atoms with Gasteiger partial charge in [-0.2, -0.15) is 0 Å². The van der Waals surface area contributed by atoms with E-state index in [9.17, 15) is 18.0 Å². The molecule has 3 rings (SSSR count). The summed E-state index contributed by atoms with van der Waals surface area (Å²) in [4.78, 5) is 25.4. The molecule has 0 heterocycles. The normalized spacial score (nSPS) is 11.3. The van der Waals surface area contributed by atoms with E-state index in [1.165, 1.54) is 32.3 Å². The summed E-state index contributed by atoms with van der Waals surface area (Å²) in [5.74, 6) is -0.889. The number of amides is 2. The highest BCUT2D eigenvalue weighted by molar-refractivity contribution is 7.89. The predicted molar refractivity (Wildman–Crippen MR) is 129 cm³/mol. The van der Waals surface area contributed by atoms with Crippen molar-refractivity contribution in [3.05, 3.63) is 94.5 Å². The van der Waals surface area contributed by atoms with E-state index in [1.807, 2.05) is 30.3 Å². The average molecular weight is 486 g/mol. The summed E-state index contributed by atoms with van der Waals surface area (Å²) in [6.45, 7) is 0.439. The third-order valence-electron chi connectivity index (χ3n) is 4.91. The molecule has 172 valence electrons. The van der Waals surface area contributed by atoms with Crippen LogP contribution in [0.3, 0.4) is 0 Å². The maximum atomic E-state index is 12.9. The number of sulfonamides is 1. The maximum Gasteiger partial charge on any atom is 0.255 e. The van der Waals surface area contributed by atoms with Crippen LogP contribution in [0.25, 0.3) is 0 Å². The third-order valence-corrected chi connectivity index (χ3v) is 7.21. The Morgan fingerprint density at radius 3 is 2.27 bits per heavy atom. The van der Waals surface area contributed by atoms with E-state index < -0.39 is 15.9 Å². The van der Waals surface area contributed by atoms with Crippen LogP contribution < -0.4 is 10.6 Å². The van der Waals surface area contributed by atoms with E-state index in [-0.39, 0.29) is 21.4 Å². The SMILES string of the molecule is CN(C)S(=O)(=O)c1cc(C(=O)Nc2ccccc2C(=O)NCCc2ccccc2)ccc1Cl. The molecular formula is C24H24ClN3O4S. The number of benzene rings is 3. The number of anilines is 1. The van der Waals surface area contributed by atoms with Crippen molar-refractivity contribution in [3.8, 4) is 0 Å². The minimum absolute atomic E-state index is 0.0124. The van der Waals surface area contributed by atoms with Gasteiger partial charge >= 0.3 is 0 Å². The van der Waals surface area contributed by atoms with E-state index in [1.54, 1.807) is 24.3 Å². The molecule has 0 saturated carbocycles. The van der Waals surface area contributed by atoms with E-state index >= 15 is 0 Å². The minimum atomic E-state index is -3.83. The Balaban J connectivity index is 1.75. The highest BCUT2D eigenvalue weighted by Gasteiger charge is 2.23. The number of carbonyl (C=O) groups is 2. The van der Waals surface area contributed by atoms with Crippen molar-refractivity contribution in [2.75, 3.05) is 26.0 Å². The first kappa shape index (κ1) is 24.4. The van der Waals surface area contributed by atoms with Gasteiger partial charge in [0.15, 0.2) is 0 Å². The van der Waals surface area contributed by atoms with E-state index in [2.05, 4.69) is 10.6 Å². The van der Waals surface area contributed by atoms with E-state index in [0.29, 0.717) is 24.2 Å². The highest BCUT2D eigenvalue weighted by Crippen LogP contribution is 2.25. The molecule has 33 heavy (non-hydrogen) atoms. The Morgan fingerprint density at radius 1 is 0.909 bits per heavy atom. The van der Waals surface area contributed by atoms with Crippen molar-refractivity contribution in [1.82, 2.24) is 9.62 Å². The van der Waals surface area contributed by atoms with Gasteiger partial charge in [0.05, 0.1) is 16.3 Å². The second-order valence-corrected chi connectivity index (χ2v) is 9.95. The standard InChI is InChI=1S/C24H24ClN3O4S/c1-28(2)33(31,32)22-16-18(12-13-20(22)25)23(29)27-21-11-7-6-10-19(21)24(30)26-15-14-17-8-4-3-5-9-17/h3-13,16H,14-15H2,1-2H3,(H,26,30)(H,27,29). The number of rotatable bonds is 8. The van der Waals surface area contributed by atoms with Gasteiger partial charge in [-0.15, -0.1) is 0 Å². The van der Waals surface area contributed by atoms with Gasteiger partial charge in [0.2, 0.25) is 10.0 Å². The summed E-state index contributed by atoms with van der Waals surface area (Å²) in [6.07, 6.45) is 0.676. The predicted octanol–water partition coefficient (Wildman–Crippen LogP) is 3.82. The maximum absolute atomic E-state index is 12.9. The first-order valence-electron chi connectivity index (χ1n) is 10.1. The molecule has 0 unspecified atom stereocenters. The molecule has 0 saturated heterocycles. The summed E-state index contributed by atoms with van der Waals surface area (Å²) in [5, 5.41) is 5.56. The Bertz CT molecular complexity index is 1260. The molecular weight excluding hydrogens is 462 g/mol. The minimum Gasteiger partial charge on any atom is -0.352 e. The summed E-state index contributed by atoms with van der Waals surface area (Å²) < 4.78 is 26.0. The molecule has 2 N–H and O–H groups in total. The van der Waals surface area contributed by atoms with Gasteiger partial charge in [0.25, 0.3) is 11.8 Å². The number of halogens is 1. The van der Waals surface area contributed by atoms with Gasteiger partial charge in [-0.3, -0.25) is 9.59 Å². The lowest BCUT2D eigenvalue weighted by molar-refractivity contribution is 0.0955. The fraction of sp³-hybridized carbons (Fsp3) is 0.167. The van der Waals surface area contributed by atoms with Crippen LogP contribution in [0.1, 0.15) is 26.3 Å². The largest absolute Gasteiger partial charge is 0.352 e. The zero-order valence-corrected chi connectivity index (χ0v) is 19.8. The molecule has 0 aliphatic carbocycles. The van der Waals surface area contributed by atoms with E-state index in [0.717, 1.165) is 9.87 Å². The number of para-hydroxylation sites is 1.